The summed E-state index contributed by atoms with van der Waals surface area (Å²) in [5, 5.41) is 12.0. The third-order valence-electron chi connectivity index (χ3n) is 4.25. The minimum atomic E-state index is 0.109. The van der Waals surface area contributed by atoms with Crippen molar-refractivity contribution in [2.75, 3.05) is 17.6 Å². The molecule has 0 bridgehead atoms. The molecule has 0 saturated carbocycles. The number of aromatic nitrogens is 2. The molecular formula is C20H17N3OS2. The van der Waals surface area contributed by atoms with E-state index < -0.39 is 0 Å². The summed E-state index contributed by atoms with van der Waals surface area (Å²) in [6.45, 7) is 4.31. The van der Waals surface area contributed by atoms with Crippen molar-refractivity contribution in [2.24, 2.45) is 0 Å². The lowest BCUT2D eigenvalue weighted by Crippen LogP contribution is -2.02. The monoisotopic (exact) mass is 379 g/mol. The molecule has 0 radical (unpaired) electrons. The molecule has 1 aliphatic carbocycles. The van der Waals surface area contributed by atoms with Crippen molar-refractivity contribution in [3.63, 3.8) is 0 Å². The molecule has 6 heteroatoms. The standard InChI is InChI=1S/C20H17N3OS2/c1-2-9-21-19-22-23-20(26-19)25-12-18(24)15-8-7-14-10-13-5-3-4-6-16(13)17(14)11-15/h2-8,11H,1,9-10,12H2,(H,21,22). The second-order valence-corrected chi connectivity index (χ2v) is 8.16. The Morgan fingerprint density at radius 2 is 2.04 bits per heavy atom. The summed E-state index contributed by atoms with van der Waals surface area (Å²) in [4.78, 5) is 12.6. The number of fused-ring (bicyclic) bond motifs is 3. The number of nitrogens with one attached hydrogen (secondary N) is 1. The van der Waals surface area contributed by atoms with Crippen LogP contribution >= 0.6 is 23.1 Å². The molecule has 1 N–H and O–H groups in total. The Morgan fingerprint density at radius 1 is 1.19 bits per heavy atom. The van der Waals surface area contributed by atoms with E-state index >= 15 is 0 Å². The van der Waals surface area contributed by atoms with Gasteiger partial charge in [-0.1, -0.05) is 65.6 Å². The quantitative estimate of drug-likeness (QED) is 0.287. The SMILES string of the molecule is C=CCNc1nnc(SCC(=O)c2ccc3c(c2)-c2ccccc2C3)s1. The summed E-state index contributed by atoms with van der Waals surface area (Å²) in [6, 6.07) is 14.4. The molecule has 1 heterocycles. The van der Waals surface area contributed by atoms with Crippen LogP contribution in [0.15, 0.2) is 59.5 Å². The molecule has 0 spiro atoms. The first-order valence-electron chi connectivity index (χ1n) is 8.30. The van der Waals surface area contributed by atoms with Crippen LogP contribution in [-0.4, -0.2) is 28.3 Å². The van der Waals surface area contributed by atoms with Gasteiger partial charge in [-0.15, -0.1) is 16.8 Å². The molecule has 1 aliphatic rings. The van der Waals surface area contributed by atoms with Crippen LogP contribution < -0.4 is 5.32 Å². The molecule has 26 heavy (non-hydrogen) atoms. The number of carbonyl (C=O) groups is 1. The van der Waals surface area contributed by atoms with Crippen LogP contribution in [0.1, 0.15) is 21.5 Å². The zero-order valence-electron chi connectivity index (χ0n) is 14.1. The zero-order valence-corrected chi connectivity index (χ0v) is 15.7. The van der Waals surface area contributed by atoms with Crippen LogP contribution in [0, 0.1) is 0 Å². The maximum atomic E-state index is 12.6. The van der Waals surface area contributed by atoms with Gasteiger partial charge in [-0.25, -0.2) is 0 Å². The largest absolute Gasteiger partial charge is 0.357 e. The minimum Gasteiger partial charge on any atom is -0.357 e. The van der Waals surface area contributed by atoms with Gasteiger partial charge in [0.1, 0.15) is 0 Å². The number of nitrogens with zero attached hydrogens (tertiary/aromatic N) is 2. The molecule has 1 aromatic heterocycles. The number of anilines is 1. The molecule has 0 saturated heterocycles. The van der Waals surface area contributed by atoms with Crippen molar-refractivity contribution in [2.45, 2.75) is 10.8 Å². The summed E-state index contributed by atoms with van der Waals surface area (Å²) >= 11 is 2.88. The van der Waals surface area contributed by atoms with Crippen LogP contribution in [0.2, 0.25) is 0 Å². The van der Waals surface area contributed by atoms with E-state index in [9.17, 15) is 4.79 Å². The lowest BCUT2D eigenvalue weighted by Gasteiger charge is -2.04. The second kappa shape index (κ2) is 7.43. The summed E-state index contributed by atoms with van der Waals surface area (Å²) in [5.41, 5.74) is 5.80. The predicted octanol–water partition coefficient (Wildman–Crippen LogP) is 4.68. The molecule has 0 amide bonds. The summed E-state index contributed by atoms with van der Waals surface area (Å²) < 4.78 is 0.788. The molecule has 3 aromatic rings. The Hall–Kier alpha value is -2.44. The van der Waals surface area contributed by atoms with E-state index in [0.29, 0.717) is 12.3 Å². The van der Waals surface area contributed by atoms with Crippen molar-refractivity contribution in [1.82, 2.24) is 10.2 Å². The van der Waals surface area contributed by atoms with Crippen LogP contribution in [-0.2, 0) is 6.42 Å². The Balaban J connectivity index is 1.45. The fourth-order valence-corrected chi connectivity index (χ4v) is 4.66. The van der Waals surface area contributed by atoms with Gasteiger partial charge < -0.3 is 5.32 Å². The number of hydrogen-bond donors (Lipinski definition) is 1. The molecule has 2 aromatic carbocycles. The fourth-order valence-electron chi connectivity index (χ4n) is 3.01. The van der Waals surface area contributed by atoms with Gasteiger partial charge in [-0.05, 0) is 34.7 Å². The Kier molecular flexibility index (Phi) is 4.86. The highest BCUT2D eigenvalue weighted by Crippen LogP contribution is 2.37. The Bertz CT molecular complexity index is 981. The number of hydrogen-bond acceptors (Lipinski definition) is 6. The highest BCUT2D eigenvalue weighted by Gasteiger charge is 2.19. The number of Topliss-reactive ketones (excluding diaryl/α,β-unsaturated/α-hetero) is 1. The topological polar surface area (TPSA) is 54.9 Å². The third-order valence-corrected chi connectivity index (χ3v) is 6.27. The maximum Gasteiger partial charge on any atom is 0.206 e. The van der Waals surface area contributed by atoms with Crippen molar-refractivity contribution < 1.29 is 4.79 Å². The maximum absolute atomic E-state index is 12.6. The van der Waals surface area contributed by atoms with Crippen molar-refractivity contribution in [3.05, 3.63) is 71.8 Å². The lowest BCUT2D eigenvalue weighted by atomic mass is 10.0. The first-order chi connectivity index (χ1) is 12.7. The van der Waals surface area contributed by atoms with E-state index in [4.69, 9.17) is 0 Å². The first kappa shape index (κ1) is 17.0. The zero-order chi connectivity index (χ0) is 17.9. The second-order valence-electron chi connectivity index (χ2n) is 5.96. The van der Waals surface area contributed by atoms with Crippen LogP contribution in [0.4, 0.5) is 5.13 Å². The molecule has 0 unspecified atom stereocenters. The fraction of sp³-hybridized carbons (Fsp3) is 0.150. The molecule has 4 nitrogen and oxygen atoms in total. The van der Waals surface area contributed by atoms with Gasteiger partial charge in [0.05, 0.1) is 5.75 Å². The number of ketones is 1. The van der Waals surface area contributed by atoms with Gasteiger partial charge in [0.25, 0.3) is 0 Å². The number of carbonyl (C=O) groups excluding carboxylic acids is 1. The van der Waals surface area contributed by atoms with Crippen LogP contribution in [0.5, 0.6) is 0 Å². The van der Waals surface area contributed by atoms with Crippen molar-refractivity contribution in [3.8, 4) is 11.1 Å². The first-order valence-corrected chi connectivity index (χ1v) is 10.1. The average molecular weight is 380 g/mol. The smallest absolute Gasteiger partial charge is 0.206 e. The number of benzene rings is 2. The minimum absolute atomic E-state index is 0.109. The van der Waals surface area contributed by atoms with Gasteiger partial charge in [0.15, 0.2) is 10.1 Å². The predicted molar refractivity (Wildman–Crippen MR) is 108 cm³/mol. The molecule has 4 rings (SSSR count). The van der Waals surface area contributed by atoms with E-state index in [1.165, 1.54) is 45.4 Å². The average Bonchev–Trinajstić information content (AvgIpc) is 3.28. The summed E-state index contributed by atoms with van der Waals surface area (Å²) in [7, 11) is 0. The molecule has 130 valence electrons. The van der Waals surface area contributed by atoms with E-state index in [1.54, 1.807) is 6.08 Å². The van der Waals surface area contributed by atoms with Gasteiger partial charge in [0.2, 0.25) is 5.13 Å². The van der Waals surface area contributed by atoms with Gasteiger partial charge >= 0.3 is 0 Å². The van der Waals surface area contributed by atoms with E-state index in [2.05, 4.69) is 46.4 Å². The van der Waals surface area contributed by atoms with Gasteiger partial charge in [0, 0.05) is 12.1 Å². The highest BCUT2D eigenvalue weighted by atomic mass is 32.2. The molecule has 0 aliphatic heterocycles. The van der Waals surface area contributed by atoms with Crippen LogP contribution in [0.25, 0.3) is 11.1 Å². The number of thioether (sulfide) groups is 1. The van der Waals surface area contributed by atoms with Crippen molar-refractivity contribution in [1.29, 1.82) is 0 Å². The van der Waals surface area contributed by atoms with Gasteiger partial charge in [-0.3, -0.25) is 4.79 Å². The molecular weight excluding hydrogens is 362 g/mol. The third kappa shape index (κ3) is 3.43. The molecule has 0 atom stereocenters. The summed E-state index contributed by atoms with van der Waals surface area (Å²) in [5.74, 6) is 0.467. The Labute approximate surface area is 160 Å². The Morgan fingerprint density at radius 3 is 2.92 bits per heavy atom. The van der Waals surface area contributed by atoms with E-state index in [1.807, 2.05) is 18.2 Å². The lowest BCUT2D eigenvalue weighted by molar-refractivity contribution is 0.102. The van der Waals surface area contributed by atoms with Crippen LogP contribution in [0.3, 0.4) is 0 Å². The van der Waals surface area contributed by atoms with Gasteiger partial charge in [-0.2, -0.15) is 0 Å². The molecule has 0 fully saturated rings. The van der Waals surface area contributed by atoms with E-state index in [-0.39, 0.29) is 5.78 Å². The summed E-state index contributed by atoms with van der Waals surface area (Å²) in [6.07, 6.45) is 2.71. The highest BCUT2D eigenvalue weighted by molar-refractivity contribution is 8.01. The van der Waals surface area contributed by atoms with Crippen molar-refractivity contribution >= 4 is 34.0 Å². The normalized spacial score (nSPS) is 11.7. The number of rotatable bonds is 7. The van der Waals surface area contributed by atoms with E-state index in [0.717, 1.165) is 21.5 Å².